The van der Waals surface area contributed by atoms with Crippen molar-refractivity contribution in [2.24, 2.45) is 7.05 Å². The zero-order valence-corrected chi connectivity index (χ0v) is 19.1. The molecule has 3 heterocycles. The standard InChI is InChI=1S/C25H23FN8O/c1-33-23(9-13-28-33)30-24-27-12-8-20(29-24)17-2-7-22-21(14-17)31-32-34(22)15-25(10-11-25)18-3-5-19(6-4-18)35-16-26/h2-9,12-14H,10-11,15-16H2,1H3,(H,27,29,30). The summed E-state index contributed by atoms with van der Waals surface area (Å²) in [6, 6.07) is 17.5. The lowest BCUT2D eigenvalue weighted by molar-refractivity contribution is 0.191. The minimum atomic E-state index is -0.825. The number of ether oxygens (including phenoxy) is 1. The second kappa shape index (κ2) is 8.46. The molecule has 2 aromatic carbocycles. The second-order valence-electron chi connectivity index (χ2n) is 8.74. The highest BCUT2D eigenvalue weighted by Gasteiger charge is 2.45. The molecule has 1 saturated carbocycles. The van der Waals surface area contributed by atoms with Crippen LogP contribution in [0.25, 0.3) is 22.3 Å². The highest BCUT2D eigenvalue weighted by atomic mass is 19.1. The van der Waals surface area contributed by atoms with Crippen LogP contribution in [0.5, 0.6) is 5.75 Å². The molecular weight excluding hydrogens is 447 g/mol. The summed E-state index contributed by atoms with van der Waals surface area (Å²) in [7, 11) is 1.85. The van der Waals surface area contributed by atoms with Gasteiger partial charge in [0.1, 0.15) is 17.1 Å². The molecule has 0 unspecified atom stereocenters. The van der Waals surface area contributed by atoms with Crippen molar-refractivity contribution in [3.05, 3.63) is 72.6 Å². The van der Waals surface area contributed by atoms with Gasteiger partial charge in [-0.15, -0.1) is 5.10 Å². The number of anilines is 2. The van der Waals surface area contributed by atoms with Crippen molar-refractivity contribution in [3.63, 3.8) is 0 Å². The molecule has 9 nitrogen and oxygen atoms in total. The van der Waals surface area contributed by atoms with Crippen LogP contribution >= 0.6 is 0 Å². The van der Waals surface area contributed by atoms with Gasteiger partial charge < -0.3 is 10.1 Å². The van der Waals surface area contributed by atoms with Crippen LogP contribution in [-0.2, 0) is 19.0 Å². The van der Waals surface area contributed by atoms with Crippen LogP contribution in [0.2, 0.25) is 0 Å². The summed E-state index contributed by atoms with van der Waals surface area (Å²) in [6.07, 6.45) is 5.58. The largest absolute Gasteiger partial charge is 0.463 e. The molecule has 10 heteroatoms. The van der Waals surface area contributed by atoms with Gasteiger partial charge in [0.25, 0.3) is 0 Å². The van der Waals surface area contributed by atoms with E-state index in [2.05, 4.69) is 30.7 Å². The van der Waals surface area contributed by atoms with E-state index in [1.807, 2.05) is 66.3 Å². The smallest absolute Gasteiger partial charge is 0.228 e. The molecule has 1 aliphatic carbocycles. The van der Waals surface area contributed by atoms with E-state index in [-0.39, 0.29) is 5.41 Å². The van der Waals surface area contributed by atoms with E-state index in [9.17, 15) is 4.39 Å². The van der Waals surface area contributed by atoms with Crippen LogP contribution in [-0.4, -0.2) is 41.6 Å². The molecule has 35 heavy (non-hydrogen) atoms. The van der Waals surface area contributed by atoms with Crippen LogP contribution in [0.4, 0.5) is 16.2 Å². The maximum Gasteiger partial charge on any atom is 0.228 e. The van der Waals surface area contributed by atoms with Crippen LogP contribution < -0.4 is 10.1 Å². The number of alkyl halides is 1. The van der Waals surface area contributed by atoms with E-state index in [1.54, 1.807) is 17.1 Å². The van der Waals surface area contributed by atoms with Crippen LogP contribution in [0.15, 0.2) is 67.0 Å². The molecule has 176 valence electrons. The zero-order valence-electron chi connectivity index (χ0n) is 19.1. The molecule has 0 bridgehead atoms. The maximum absolute atomic E-state index is 12.4. The fourth-order valence-corrected chi connectivity index (χ4v) is 4.38. The fourth-order valence-electron chi connectivity index (χ4n) is 4.38. The van der Waals surface area contributed by atoms with E-state index < -0.39 is 6.86 Å². The summed E-state index contributed by atoms with van der Waals surface area (Å²) in [5, 5.41) is 16.2. The van der Waals surface area contributed by atoms with E-state index in [0.717, 1.165) is 47.5 Å². The Hall–Kier alpha value is -4.34. The molecule has 1 aliphatic rings. The molecule has 5 aromatic rings. The van der Waals surface area contributed by atoms with Crippen molar-refractivity contribution in [2.45, 2.75) is 24.8 Å². The SMILES string of the molecule is Cn1nccc1Nc1nccc(-c2ccc3c(c2)nnn3CC2(c3ccc(OCF)cc3)CC2)n1. The average molecular weight is 471 g/mol. The molecule has 0 atom stereocenters. The third kappa shape index (κ3) is 4.07. The Labute approximate surface area is 200 Å². The molecule has 0 saturated heterocycles. The number of hydrogen-bond acceptors (Lipinski definition) is 7. The Morgan fingerprint density at radius 3 is 2.66 bits per heavy atom. The summed E-state index contributed by atoms with van der Waals surface area (Å²) >= 11 is 0. The van der Waals surface area contributed by atoms with Crippen LogP contribution in [0, 0.1) is 0 Å². The first-order valence-corrected chi connectivity index (χ1v) is 11.3. The molecule has 0 radical (unpaired) electrons. The lowest BCUT2D eigenvalue weighted by Gasteiger charge is -2.16. The van der Waals surface area contributed by atoms with Crippen LogP contribution in [0.3, 0.4) is 0 Å². The fraction of sp³-hybridized carbons (Fsp3) is 0.240. The molecule has 0 aliphatic heterocycles. The monoisotopic (exact) mass is 470 g/mol. The van der Waals surface area contributed by atoms with Crippen molar-refractivity contribution in [1.82, 2.24) is 34.7 Å². The van der Waals surface area contributed by atoms with E-state index in [4.69, 9.17) is 4.74 Å². The van der Waals surface area contributed by atoms with Gasteiger partial charge in [-0.05, 0) is 48.7 Å². The van der Waals surface area contributed by atoms with E-state index in [1.165, 1.54) is 5.56 Å². The number of aryl methyl sites for hydroxylation is 1. The van der Waals surface area contributed by atoms with Gasteiger partial charge in [0, 0.05) is 30.3 Å². The number of fused-ring (bicyclic) bond motifs is 1. The molecule has 6 rings (SSSR count). The van der Waals surface area contributed by atoms with Crippen molar-refractivity contribution >= 4 is 22.8 Å². The predicted octanol–water partition coefficient (Wildman–Crippen LogP) is 4.40. The summed E-state index contributed by atoms with van der Waals surface area (Å²) in [4.78, 5) is 8.97. The Balaban J connectivity index is 1.24. The first-order chi connectivity index (χ1) is 17.1. The third-order valence-corrected chi connectivity index (χ3v) is 6.52. The number of halogens is 1. The Morgan fingerprint density at radius 2 is 1.91 bits per heavy atom. The molecular formula is C25H23FN8O. The van der Waals surface area contributed by atoms with Gasteiger partial charge in [-0.3, -0.25) is 4.68 Å². The van der Waals surface area contributed by atoms with E-state index in [0.29, 0.717) is 11.7 Å². The quantitative estimate of drug-likeness (QED) is 0.359. The predicted molar refractivity (Wildman–Crippen MR) is 129 cm³/mol. The van der Waals surface area contributed by atoms with Gasteiger partial charge in [-0.2, -0.15) is 5.10 Å². The number of nitrogens with one attached hydrogen (secondary N) is 1. The molecule has 0 spiro atoms. The first-order valence-electron chi connectivity index (χ1n) is 11.3. The topological polar surface area (TPSA) is 95.6 Å². The van der Waals surface area contributed by atoms with E-state index >= 15 is 0 Å². The number of aromatic nitrogens is 7. The highest BCUT2D eigenvalue weighted by Crippen LogP contribution is 2.50. The number of benzene rings is 2. The molecule has 0 amide bonds. The molecule has 1 N–H and O–H groups in total. The first kappa shape index (κ1) is 21.2. The summed E-state index contributed by atoms with van der Waals surface area (Å²) in [5.41, 5.74) is 4.73. The lowest BCUT2D eigenvalue weighted by atomic mass is 9.96. The van der Waals surface area contributed by atoms with Gasteiger partial charge >= 0.3 is 0 Å². The third-order valence-electron chi connectivity index (χ3n) is 6.52. The van der Waals surface area contributed by atoms with Gasteiger partial charge in [0.2, 0.25) is 12.8 Å². The minimum absolute atomic E-state index is 0.0204. The zero-order chi connectivity index (χ0) is 23.8. The van der Waals surface area contributed by atoms with Crippen molar-refractivity contribution in [1.29, 1.82) is 0 Å². The van der Waals surface area contributed by atoms with Crippen molar-refractivity contribution in [3.8, 4) is 17.0 Å². The normalized spacial score (nSPS) is 14.2. The Kier molecular flexibility index (Phi) is 5.13. The highest BCUT2D eigenvalue weighted by molar-refractivity contribution is 5.80. The van der Waals surface area contributed by atoms with Gasteiger partial charge in [0.05, 0.1) is 24.0 Å². The summed E-state index contributed by atoms with van der Waals surface area (Å²) in [6.45, 7) is -0.0902. The maximum atomic E-state index is 12.4. The minimum Gasteiger partial charge on any atom is -0.463 e. The Bertz CT molecular complexity index is 1490. The average Bonchev–Trinajstić information content (AvgIpc) is 3.40. The second-order valence-corrected chi connectivity index (χ2v) is 8.74. The number of nitrogens with zero attached hydrogens (tertiary/aromatic N) is 7. The molecule has 1 fully saturated rings. The summed E-state index contributed by atoms with van der Waals surface area (Å²) in [5.74, 6) is 1.83. The van der Waals surface area contributed by atoms with Crippen LogP contribution in [0.1, 0.15) is 18.4 Å². The lowest BCUT2D eigenvalue weighted by Crippen LogP contribution is -2.17. The molecule has 3 aromatic heterocycles. The van der Waals surface area contributed by atoms with Gasteiger partial charge in [-0.25, -0.2) is 19.0 Å². The number of rotatable bonds is 8. The van der Waals surface area contributed by atoms with Crippen molar-refractivity contribution in [2.75, 3.05) is 12.2 Å². The Morgan fingerprint density at radius 1 is 1.06 bits per heavy atom. The summed E-state index contributed by atoms with van der Waals surface area (Å²) < 4.78 is 21.0. The number of hydrogen-bond donors (Lipinski definition) is 1. The van der Waals surface area contributed by atoms with Gasteiger partial charge in [0.15, 0.2) is 0 Å². The van der Waals surface area contributed by atoms with Gasteiger partial charge in [-0.1, -0.05) is 23.4 Å². The van der Waals surface area contributed by atoms with Crippen molar-refractivity contribution < 1.29 is 9.13 Å².